The fraction of sp³-hybridized carbons (Fsp3) is 0. The van der Waals surface area contributed by atoms with Crippen molar-refractivity contribution in [3.63, 3.8) is 0 Å². The van der Waals surface area contributed by atoms with Crippen molar-refractivity contribution >= 4 is 43.7 Å². The lowest BCUT2D eigenvalue weighted by Gasteiger charge is -2.10. The molecule has 8 aromatic rings. The number of benzene rings is 5. The van der Waals surface area contributed by atoms with Crippen LogP contribution in [0.5, 0.6) is 0 Å². The maximum absolute atomic E-state index is 13.3. The Bertz CT molecular complexity index is 2170. The predicted octanol–water partition coefficient (Wildman–Crippen LogP) is 9.55. The minimum Gasteiger partial charge on any atom is -0.456 e. The van der Waals surface area contributed by atoms with Gasteiger partial charge in [0, 0.05) is 33.8 Å². The van der Waals surface area contributed by atoms with E-state index in [0.717, 1.165) is 61.0 Å². The highest BCUT2D eigenvalue weighted by atomic mass is 19.1. The lowest BCUT2D eigenvalue weighted by atomic mass is 10.0. The summed E-state index contributed by atoms with van der Waals surface area (Å²) in [5.41, 5.74) is 8.09. The van der Waals surface area contributed by atoms with Crippen LogP contribution in [-0.2, 0) is 0 Å². The van der Waals surface area contributed by atoms with Gasteiger partial charge in [0.15, 0.2) is 0 Å². The first-order valence-electron chi connectivity index (χ1n) is 12.9. The van der Waals surface area contributed by atoms with E-state index in [1.807, 2.05) is 30.5 Å². The normalized spacial score (nSPS) is 11.7. The smallest absolute Gasteiger partial charge is 0.138 e. The molecule has 4 heteroatoms. The lowest BCUT2D eigenvalue weighted by Crippen LogP contribution is -1.97. The van der Waals surface area contributed by atoms with Crippen LogP contribution in [0.1, 0.15) is 0 Å². The Morgan fingerprint density at radius 1 is 0.513 bits per heavy atom. The quantitative estimate of drug-likeness (QED) is 0.240. The molecule has 0 unspecified atom stereocenters. The number of furan rings is 1. The lowest BCUT2D eigenvalue weighted by molar-refractivity contribution is 0.628. The first-order valence-corrected chi connectivity index (χ1v) is 12.9. The molecule has 8 rings (SSSR count). The van der Waals surface area contributed by atoms with Gasteiger partial charge in [0.25, 0.3) is 0 Å². The molecule has 0 amide bonds. The molecule has 3 aromatic heterocycles. The number of nitrogens with zero attached hydrogens (tertiary/aromatic N) is 2. The van der Waals surface area contributed by atoms with E-state index in [2.05, 4.69) is 77.4 Å². The molecule has 184 valence electrons. The summed E-state index contributed by atoms with van der Waals surface area (Å²) in [5, 5.41) is 4.58. The summed E-state index contributed by atoms with van der Waals surface area (Å²) < 4.78 is 21.8. The van der Waals surface area contributed by atoms with Gasteiger partial charge in [-0.1, -0.05) is 72.8 Å². The molecule has 0 aliphatic heterocycles. The number of pyridine rings is 1. The molecule has 0 N–H and O–H groups in total. The Balaban J connectivity index is 1.29. The van der Waals surface area contributed by atoms with Gasteiger partial charge in [0.1, 0.15) is 22.8 Å². The van der Waals surface area contributed by atoms with Gasteiger partial charge in [0.2, 0.25) is 0 Å². The molecule has 5 aromatic carbocycles. The predicted molar refractivity (Wildman–Crippen MR) is 157 cm³/mol. The zero-order valence-electron chi connectivity index (χ0n) is 20.8. The molecular weight excluding hydrogens is 483 g/mol. The SMILES string of the molecule is Fc1ccc(-c2ccc(-c3ccnc(-n4c5ccccc5c5cc6c(cc54)oc4ccccc46)c3)cc2)cc1. The van der Waals surface area contributed by atoms with Crippen molar-refractivity contribution in [1.29, 1.82) is 0 Å². The van der Waals surface area contributed by atoms with Gasteiger partial charge in [-0.3, -0.25) is 4.57 Å². The van der Waals surface area contributed by atoms with Crippen LogP contribution in [0.3, 0.4) is 0 Å². The Kier molecular flexibility index (Phi) is 4.70. The number of rotatable bonds is 3. The monoisotopic (exact) mass is 504 g/mol. The fourth-order valence-electron chi connectivity index (χ4n) is 5.65. The maximum atomic E-state index is 13.3. The standard InChI is InChI=1S/C35H21FN2O/c36-26-15-13-23(14-16-26)22-9-11-24(12-10-22)25-17-18-37-35(19-25)38-31-7-3-1-5-27(31)29-20-30-28-6-2-4-8-33(28)39-34(30)21-32(29)38/h1-21H. The number of hydrogen-bond acceptors (Lipinski definition) is 2. The van der Waals surface area contributed by atoms with Gasteiger partial charge in [-0.25, -0.2) is 9.37 Å². The number of aromatic nitrogens is 2. The summed E-state index contributed by atoms with van der Waals surface area (Å²) in [6, 6.07) is 40.1. The molecule has 0 spiro atoms. The number of fused-ring (bicyclic) bond motifs is 6. The van der Waals surface area contributed by atoms with Crippen LogP contribution in [0.15, 0.2) is 132 Å². The van der Waals surface area contributed by atoms with Gasteiger partial charge in [-0.05, 0) is 64.7 Å². The van der Waals surface area contributed by atoms with Crippen molar-refractivity contribution in [2.75, 3.05) is 0 Å². The van der Waals surface area contributed by atoms with Crippen LogP contribution in [0, 0.1) is 5.82 Å². The first-order chi connectivity index (χ1) is 19.2. The maximum Gasteiger partial charge on any atom is 0.138 e. The average molecular weight is 505 g/mol. The van der Waals surface area contributed by atoms with Gasteiger partial charge >= 0.3 is 0 Å². The molecule has 0 saturated carbocycles. The zero-order chi connectivity index (χ0) is 25.9. The van der Waals surface area contributed by atoms with E-state index in [4.69, 9.17) is 9.40 Å². The van der Waals surface area contributed by atoms with Crippen LogP contribution in [0.4, 0.5) is 4.39 Å². The summed E-state index contributed by atoms with van der Waals surface area (Å²) in [7, 11) is 0. The Morgan fingerprint density at radius 2 is 1.18 bits per heavy atom. The summed E-state index contributed by atoms with van der Waals surface area (Å²) in [4.78, 5) is 4.80. The van der Waals surface area contributed by atoms with E-state index in [1.54, 1.807) is 12.1 Å². The van der Waals surface area contributed by atoms with Crippen LogP contribution in [0.2, 0.25) is 0 Å². The van der Waals surface area contributed by atoms with Crippen LogP contribution in [0.25, 0.3) is 71.8 Å². The summed E-state index contributed by atoms with van der Waals surface area (Å²) in [5.74, 6) is 0.613. The largest absolute Gasteiger partial charge is 0.456 e. The van der Waals surface area contributed by atoms with Gasteiger partial charge in [0.05, 0.1) is 11.0 Å². The van der Waals surface area contributed by atoms with Crippen LogP contribution < -0.4 is 0 Å². The molecule has 0 fully saturated rings. The molecule has 0 radical (unpaired) electrons. The van der Waals surface area contributed by atoms with E-state index in [-0.39, 0.29) is 5.82 Å². The molecule has 0 aliphatic rings. The van der Waals surface area contributed by atoms with E-state index >= 15 is 0 Å². The highest BCUT2D eigenvalue weighted by Crippen LogP contribution is 2.38. The number of halogens is 1. The second-order valence-corrected chi connectivity index (χ2v) is 9.80. The van der Waals surface area contributed by atoms with Crippen molar-refractivity contribution in [1.82, 2.24) is 9.55 Å². The Labute approximate surface area is 223 Å². The molecule has 0 atom stereocenters. The molecule has 3 nitrogen and oxygen atoms in total. The second-order valence-electron chi connectivity index (χ2n) is 9.80. The van der Waals surface area contributed by atoms with E-state index in [1.165, 1.54) is 22.9 Å². The van der Waals surface area contributed by atoms with Crippen molar-refractivity contribution in [3.8, 4) is 28.1 Å². The minimum atomic E-state index is -0.231. The summed E-state index contributed by atoms with van der Waals surface area (Å²) >= 11 is 0. The number of hydrogen-bond donors (Lipinski definition) is 0. The van der Waals surface area contributed by atoms with Crippen LogP contribution in [-0.4, -0.2) is 9.55 Å². The third-order valence-electron chi connectivity index (χ3n) is 7.54. The van der Waals surface area contributed by atoms with E-state index in [0.29, 0.717) is 0 Å². The Morgan fingerprint density at radius 3 is 1.97 bits per heavy atom. The second kappa shape index (κ2) is 8.40. The van der Waals surface area contributed by atoms with E-state index < -0.39 is 0 Å². The highest BCUT2D eigenvalue weighted by Gasteiger charge is 2.17. The van der Waals surface area contributed by atoms with Crippen molar-refractivity contribution in [2.45, 2.75) is 0 Å². The van der Waals surface area contributed by atoms with Crippen LogP contribution >= 0.6 is 0 Å². The molecule has 0 aliphatic carbocycles. The van der Waals surface area contributed by atoms with Gasteiger partial charge in [-0.2, -0.15) is 0 Å². The highest BCUT2D eigenvalue weighted by molar-refractivity contribution is 6.17. The molecule has 39 heavy (non-hydrogen) atoms. The van der Waals surface area contributed by atoms with Crippen molar-refractivity contribution in [2.24, 2.45) is 0 Å². The molecule has 0 saturated heterocycles. The summed E-state index contributed by atoms with van der Waals surface area (Å²) in [6.45, 7) is 0. The van der Waals surface area contributed by atoms with Gasteiger partial charge in [-0.15, -0.1) is 0 Å². The van der Waals surface area contributed by atoms with Crippen molar-refractivity contribution < 1.29 is 8.81 Å². The fourth-order valence-corrected chi connectivity index (χ4v) is 5.65. The summed E-state index contributed by atoms with van der Waals surface area (Å²) in [6.07, 6.45) is 1.86. The molecule has 0 bridgehead atoms. The van der Waals surface area contributed by atoms with E-state index in [9.17, 15) is 4.39 Å². The topological polar surface area (TPSA) is 31.0 Å². The zero-order valence-corrected chi connectivity index (χ0v) is 20.8. The number of para-hydroxylation sites is 2. The first kappa shape index (κ1) is 21.8. The molecule has 3 heterocycles. The minimum absolute atomic E-state index is 0.231. The third kappa shape index (κ3) is 3.46. The average Bonchev–Trinajstić information content (AvgIpc) is 3.51. The Hall–Kier alpha value is -5.22. The van der Waals surface area contributed by atoms with Crippen molar-refractivity contribution in [3.05, 3.63) is 133 Å². The molecular formula is C35H21FN2O. The third-order valence-corrected chi connectivity index (χ3v) is 7.54. The van der Waals surface area contributed by atoms with Gasteiger partial charge < -0.3 is 4.42 Å².